The number of hydrogen-bond acceptors (Lipinski definition) is 12. The highest BCUT2D eigenvalue weighted by Gasteiger charge is 2.33. The van der Waals surface area contributed by atoms with Crippen LogP contribution in [0, 0.1) is 0 Å². The van der Waals surface area contributed by atoms with Crippen molar-refractivity contribution in [3.8, 4) is 0 Å². The molecule has 3 unspecified atom stereocenters. The average molecular weight is 726 g/mol. The molecule has 0 aromatic heterocycles. The molecule has 2 aromatic rings. The summed E-state index contributed by atoms with van der Waals surface area (Å²) in [5, 5.41) is 48.1. The summed E-state index contributed by atoms with van der Waals surface area (Å²) in [6.07, 6.45) is 1.13. The number of carboxylic acid groups (broad SMARTS) is 5. The smallest absolute Gasteiger partial charge is 0.474 e. The van der Waals surface area contributed by atoms with Crippen LogP contribution in [0.3, 0.4) is 0 Å². The van der Waals surface area contributed by atoms with Gasteiger partial charge in [-0.3, -0.25) is 52.2 Å². The fourth-order valence-corrected chi connectivity index (χ4v) is 6.19. The van der Waals surface area contributed by atoms with Gasteiger partial charge in [0.1, 0.15) is 0 Å². The molecule has 3 atom stereocenters. The molecule has 0 heterocycles. The second kappa shape index (κ2) is 21.8. The molecular formula is C32H44N3O14P. The third-order valence-corrected chi connectivity index (χ3v) is 8.76. The molecule has 17 nitrogen and oxygen atoms in total. The molecule has 0 amide bonds. The van der Waals surface area contributed by atoms with E-state index in [0.29, 0.717) is 18.4 Å². The Morgan fingerprint density at radius 3 is 1.54 bits per heavy atom. The van der Waals surface area contributed by atoms with E-state index in [0.717, 1.165) is 22.5 Å². The van der Waals surface area contributed by atoms with Crippen molar-refractivity contribution in [3.63, 3.8) is 0 Å². The number of aliphatic carboxylic acids is 5. The van der Waals surface area contributed by atoms with Crippen molar-refractivity contribution in [3.05, 3.63) is 71.8 Å². The fraction of sp³-hybridized carbons (Fsp3) is 0.469. The van der Waals surface area contributed by atoms with Crippen molar-refractivity contribution in [1.82, 2.24) is 14.7 Å². The maximum atomic E-state index is 13.4. The normalized spacial score (nSPS) is 13.9. The van der Waals surface area contributed by atoms with Gasteiger partial charge >= 0.3 is 37.7 Å². The second-order valence-electron chi connectivity index (χ2n) is 11.3. The highest BCUT2D eigenvalue weighted by atomic mass is 31.2. The average Bonchev–Trinajstić information content (AvgIpc) is 3.04. The molecule has 2 aromatic carbocycles. The van der Waals surface area contributed by atoms with E-state index < -0.39 is 89.1 Å². The first-order chi connectivity index (χ1) is 23.7. The molecule has 5 N–H and O–H groups in total. The summed E-state index contributed by atoms with van der Waals surface area (Å²) >= 11 is 0. The summed E-state index contributed by atoms with van der Waals surface area (Å²) in [5.74, 6) is -6.81. The van der Waals surface area contributed by atoms with Gasteiger partial charge in [0.25, 0.3) is 0 Å². The minimum Gasteiger partial charge on any atom is -0.480 e. The molecule has 0 saturated carbocycles. The van der Waals surface area contributed by atoms with Crippen LogP contribution in [0.15, 0.2) is 60.7 Å². The SMILES string of the molecule is COP(=O)(OCCCc1ccccc1)OCC(CN(CC(=O)O)CC(Cc1ccccc1)N(CC(=O)O)CC(=O)O)N(CC(=O)O)CC(=O)O. The molecule has 0 aliphatic rings. The van der Waals surface area contributed by atoms with Crippen LogP contribution in [0.1, 0.15) is 17.5 Å². The molecule has 0 bridgehead atoms. The van der Waals surface area contributed by atoms with Crippen molar-refractivity contribution in [1.29, 1.82) is 0 Å². The minimum absolute atomic E-state index is 0.0477. The molecule has 0 radical (unpaired) electrons. The zero-order valence-corrected chi connectivity index (χ0v) is 28.5. The minimum atomic E-state index is -4.27. The Bertz CT molecular complexity index is 1400. The Kier molecular flexibility index (Phi) is 18.3. The lowest BCUT2D eigenvalue weighted by Gasteiger charge is -2.37. The van der Waals surface area contributed by atoms with E-state index in [9.17, 15) is 54.1 Å². The number of carbonyl (C=O) groups is 5. The van der Waals surface area contributed by atoms with Crippen LogP contribution < -0.4 is 0 Å². The predicted molar refractivity (Wildman–Crippen MR) is 177 cm³/mol. The van der Waals surface area contributed by atoms with Gasteiger partial charge in [-0.15, -0.1) is 0 Å². The molecule has 0 fully saturated rings. The van der Waals surface area contributed by atoms with Gasteiger partial charge in [-0.25, -0.2) is 4.57 Å². The van der Waals surface area contributed by atoms with Crippen molar-refractivity contribution in [2.75, 3.05) is 66.1 Å². The van der Waals surface area contributed by atoms with Gasteiger partial charge in [-0.1, -0.05) is 60.7 Å². The number of nitrogens with zero attached hydrogens (tertiary/aromatic N) is 3. The lowest BCUT2D eigenvalue weighted by molar-refractivity contribution is -0.145. The summed E-state index contributed by atoms with van der Waals surface area (Å²) in [4.78, 5) is 62.5. The Morgan fingerprint density at radius 2 is 1.08 bits per heavy atom. The largest absolute Gasteiger partial charge is 0.480 e. The predicted octanol–water partition coefficient (Wildman–Crippen LogP) is 1.72. The van der Waals surface area contributed by atoms with E-state index >= 15 is 0 Å². The van der Waals surface area contributed by atoms with E-state index in [2.05, 4.69) is 0 Å². The highest BCUT2D eigenvalue weighted by molar-refractivity contribution is 7.48. The zero-order valence-electron chi connectivity index (χ0n) is 27.6. The Morgan fingerprint density at radius 1 is 0.640 bits per heavy atom. The van der Waals surface area contributed by atoms with Gasteiger partial charge < -0.3 is 25.5 Å². The number of rotatable bonds is 27. The fourth-order valence-electron chi connectivity index (χ4n) is 5.20. The van der Waals surface area contributed by atoms with Crippen LogP contribution in [-0.2, 0) is 55.0 Å². The first-order valence-electron chi connectivity index (χ1n) is 15.5. The Hall–Kier alpha value is -4.22. The summed E-state index contributed by atoms with van der Waals surface area (Å²) in [5.41, 5.74) is 1.70. The number of hydrogen-bond donors (Lipinski definition) is 5. The maximum Gasteiger partial charge on any atom is 0.474 e. The van der Waals surface area contributed by atoms with E-state index in [1.54, 1.807) is 30.3 Å². The van der Waals surface area contributed by atoms with Gasteiger partial charge in [-0.2, -0.15) is 0 Å². The number of benzene rings is 2. The van der Waals surface area contributed by atoms with Gasteiger partial charge in [0, 0.05) is 32.3 Å². The standard InChI is InChI=1S/C32H44N3O14P/c1-47-50(46,48-14-8-13-24-9-4-2-5-10-24)49-23-27(35(21-31(42)43)22-32(44)45)17-33(18-28(36)37)16-26(15-25-11-6-3-7-12-25)34(19-29(38)39)20-30(40)41/h2-7,9-12,26-27H,8,13-23H2,1H3,(H,36,37)(H,38,39)(H,40,41)(H,42,43)(H,44,45). The zero-order chi connectivity index (χ0) is 37.1. The number of phosphoric ester groups is 1. The summed E-state index contributed by atoms with van der Waals surface area (Å²) in [6, 6.07) is 15.9. The van der Waals surface area contributed by atoms with Crippen molar-refractivity contribution in [2.45, 2.75) is 31.3 Å². The van der Waals surface area contributed by atoms with E-state index in [-0.39, 0.29) is 26.1 Å². The number of aryl methyl sites for hydroxylation is 1. The van der Waals surface area contributed by atoms with E-state index in [4.69, 9.17) is 13.6 Å². The Labute approximate surface area is 289 Å². The van der Waals surface area contributed by atoms with Crippen molar-refractivity contribution >= 4 is 37.7 Å². The summed E-state index contributed by atoms with van der Waals surface area (Å²) in [6.45, 7) is -5.04. The third kappa shape index (κ3) is 16.9. The van der Waals surface area contributed by atoms with Crippen LogP contribution in [-0.4, -0.2) is 148 Å². The molecule has 0 saturated heterocycles. The second-order valence-corrected chi connectivity index (χ2v) is 13.1. The molecule has 18 heteroatoms. The molecule has 2 rings (SSSR count). The molecule has 0 spiro atoms. The van der Waals surface area contributed by atoms with Crippen LogP contribution in [0.25, 0.3) is 0 Å². The van der Waals surface area contributed by atoms with Crippen molar-refractivity contribution < 1.29 is 67.6 Å². The highest BCUT2D eigenvalue weighted by Crippen LogP contribution is 2.48. The lowest BCUT2D eigenvalue weighted by Crippen LogP contribution is -2.54. The molecule has 50 heavy (non-hydrogen) atoms. The third-order valence-electron chi connectivity index (χ3n) is 7.35. The molecule has 0 aliphatic carbocycles. The maximum absolute atomic E-state index is 13.4. The first kappa shape index (κ1) is 41.9. The van der Waals surface area contributed by atoms with Crippen LogP contribution in [0.5, 0.6) is 0 Å². The topological polar surface area (TPSA) is 241 Å². The monoisotopic (exact) mass is 725 g/mol. The summed E-state index contributed by atoms with van der Waals surface area (Å²) < 4.78 is 29.4. The van der Waals surface area contributed by atoms with Gasteiger partial charge in [-0.05, 0) is 30.4 Å². The Balaban J connectivity index is 2.39. The van der Waals surface area contributed by atoms with Gasteiger partial charge in [0.2, 0.25) is 0 Å². The van der Waals surface area contributed by atoms with Gasteiger partial charge in [0.15, 0.2) is 0 Å². The number of phosphoric acid groups is 1. The van der Waals surface area contributed by atoms with Crippen LogP contribution in [0.2, 0.25) is 0 Å². The van der Waals surface area contributed by atoms with Gasteiger partial charge in [0.05, 0.1) is 45.9 Å². The first-order valence-corrected chi connectivity index (χ1v) is 17.0. The molecule has 276 valence electrons. The van der Waals surface area contributed by atoms with Crippen molar-refractivity contribution in [2.24, 2.45) is 0 Å². The lowest BCUT2D eigenvalue weighted by atomic mass is 10.0. The molecule has 0 aliphatic heterocycles. The quantitative estimate of drug-likeness (QED) is 0.0650. The number of carboxylic acids is 5. The van der Waals surface area contributed by atoms with E-state index in [1.165, 1.54) is 4.90 Å². The van der Waals surface area contributed by atoms with E-state index in [1.807, 2.05) is 30.3 Å². The summed E-state index contributed by atoms with van der Waals surface area (Å²) in [7, 11) is -3.20. The van der Waals surface area contributed by atoms with Crippen LogP contribution >= 0.6 is 7.82 Å². The molecular weight excluding hydrogens is 681 g/mol. The van der Waals surface area contributed by atoms with Crippen LogP contribution in [0.4, 0.5) is 0 Å².